The molecular formula is C17H14BrN. The van der Waals surface area contributed by atoms with E-state index in [1.807, 2.05) is 18.2 Å². The topological polar surface area (TPSA) is 15.8 Å². The van der Waals surface area contributed by atoms with Crippen LogP contribution in [0.4, 0.5) is 0 Å². The summed E-state index contributed by atoms with van der Waals surface area (Å²) in [7, 11) is 0. The number of allylic oxidation sites excluding steroid dienone is 1. The summed E-state index contributed by atoms with van der Waals surface area (Å²) in [6, 6.07) is 16.7. The van der Waals surface area contributed by atoms with E-state index in [9.17, 15) is 0 Å². The highest BCUT2D eigenvalue weighted by molar-refractivity contribution is 9.10. The average Bonchev–Trinajstić information content (AvgIpc) is 2.86. The minimum Gasteiger partial charge on any atom is -0.361 e. The molecule has 0 aliphatic carbocycles. The number of aromatic nitrogens is 1. The third-order valence-electron chi connectivity index (χ3n) is 3.43. The van der Waals surface area contributed by atoms with Gasteiger partial charge in [-0.15, -0.1) is 6.58 Å². The lowest BCUT2D eigenvalue weighted by Gasteiger charge is -2.14. The van der Waals surface area contributed by atoms with E-state index in [0.717, 1.165) is 9.99 Å². The highest BCUT2D eigenvalue weighted by Gasteiger charge is 2.16. The van der Waals surface area contributed by atoms with Crippen LogP contribution in [0.1, 0.15) is 17.0 Å². The molecule has 0 bridgehead atoms. The van der Waals surface area contributed by atoms with Gasteiger partial charge in [-0.2, -0.15) is 0 Å². The van der Waals surface area contributed by atoms with E-state index in [4.69, 9.17) is 0 Å². The fraction of sp³-hybridized carbons (Fsp3) is 0.0588. The first-order valence-electron chi connectivity index (χ1n) is 6.24. The molecule has 1 heterocycles. The van der Waals surface area contributed by atoms with Crippen molar-refractivity contribution in [2.45, 2.75) is 5.92 Å². The number of nitrogens with one attached hydrogen (secondary N) is 1. The molecule has 2 heteroatoms. The van der Waals surface area contributed by atoms with Crippen molar-refractivity contribution in [1.29, 1.82) is 0 Å². The van der Waals surface area contributed by atoms with Gasteiger partial charge in [0.05, 0.1) is 0 Å². The third-order valence-corrected chi connectivity index (χ3v) is 4.15. The van der Waals surface area contributed by atoms with E-state index in [1.165, 1.54) is 16.5 Å². The number of fused-ring (bicyclic) bond motifs is 1. The normalized spacial score (nSPS) is 12.5. The van der Waals surface area contributed by atoms with Gasteiger partial charge in [-0.3, -0.25) is 0 Å². The maximum absolute atomic E-state index is 4.01. The summed E-state index contributed by atoms with van der Waals surface area (Å²) in [5.41, 5.74) is 3.66. The molecule has 0 radical (unpaired) electrons. The van der Waals surface area contributed by atoms with E-state index in [-0.39, 0.29) is 5.92 Å². The molecule has 1 unspecified atom stereocenters. The minimum atomic E-state index is 0.187. The lowest BCUT2D eigenvalue weighted by atomic mass is 9.91. The van der Waals surface area contributed by atoms with E-state index in [2.05, 4.69) is 70.1 Å². The van der Waals surface area contributed by atoms with Gasteiger partial charge in [-0.25, -0.2) is 0 Å². The minimum absolute atomic E-state index is 0.187. The lowest BCUT2D eigenvalue weighted by molar-refractivity contribution is 1.03. The van der Waals surface area contributed by atoms with Gasteiger partial charge in [0, 0.05) is 27.5 Å². The van der Waals surface area contributed by atoms with Crippen LogP contribution >= 0.6 is 15.9 Å². The van der Waals surface area contributed by atoms with Crippen LogP contribution < -0.4 is 0 Å². The fourth-order valence-corrected chi connectivity index (χ4v) is 3.03. The third kappa shape index (κ3) is 2.13. The monoisotopic (exact) mass is 311 g/mol. The van der Waals surface area contributed by atoms with Crippen molar-refractivity contribution >= 4 is 26.8 Å². The molecular weight excluding hydrogens is 298 g/mol. The Morgan fingerprint density at radius 1 is 1.00 bits per heavy atom. The van der Waals surface area contributed by atoms with E-state index < -0.39 is 0 Å². The molecule has 0 aliphatic rings. The molecule has 0 aliphatic heterocycles. The molecule has 94 valence electrons. The Morgan fingerprint density at radius 3 is 2.53 bits per heavy atom. The Kier molecular flexibility index (Phi) is 3.26. The van der Waals surface area contributed by atoms with Crippen LogP contribution in [0.15, 0.2) is 71.9 Å². The molecule has 3 aromatic rings. The van der Waals surface area contributed by atoms with Crippen molar-refractivity contribution in [2.24, 2.45) is 0 Å². The Hall–Kier alpha value is -1.80. The van der Waals surface area contributed by atoms with Gasteiger partial charge in [0.25, 0.3) is 0 Å². The van der Waals surface area contributed by atoms with Gasteiger partial charge >= 0.3 is 0 Å². The SMILES string of the molecule is C=CC(c1ccccc1Br)c1c[nH]c2ccccc12. The smallest absolute Gasteiger partial charge is 0.0457 e. The van der Waals surface area contributed by atoms with Crippen LogP contribution in [0.3, 0.4) is 0 Å². The molecule has 0 spiro atoms. The van der Waals surface area contributed by atoms with Gasteiger partial charge in [-0.1, -0.05) is 58.4 Å². The zero-order chi connectivity index (χ0) is 13.2. The number of halogens is 1. The van der Waals surface area contributed by atoms with Crippen molar-refractivity contribution in [2.75, 3.05) is 0 Å². The first kappa shape index (κ1) is 12.2. The van der Waals surface area contributed by atoms with Crippen LogP contribution in [0, 0.1) is 0 Å². The average molecular weight is 312 g/mol. The number of H-pyrrole nitrogens is 1. The number of hydrogen-bond donors (Lipinski definition) is 1. The molecule has 1 atom stereocenters. The van der Waals surface area contributed by atoms with E-state index >= 15 is 0 Å². The second kappa shape index (κ2) is 5.06. The maximum atomic E-state index is 4.01. The number of aromatic amines is 1. The number of para-hydroxylation sites is 1. The Balaban J connectivity index is 2.18. The van der Waals surface area contributed by atoms with Crippen LogP contribution in [0.25, 0.3) is 10.9 Å². The summed E-state index contributed by atoms with van der Waals surface area (Å²) in [5.74, 6) is 0.187. The number of hydrogen-bond acceptors (Lipinski definition) is 0. The van der Waals surface area contributed by atoms with Crippen molar-refractivity contribution < 1.29 is 0 Å². The molecule has 1 nitrogen and oxygen atoms in total. The summed E-state index contributed by atoms with van der Waals surface area (Å²) in [6.45, 7) is 4.01. The van der Waals surface area contributed by atoms with Crippen molar-refractivity contribution in [3.63, 3.8) is 0 Å². The summed E-state index contributed by atoms with van der Waals surface area (Å²) < 4.78 is 1.12. The summed E-state index contributed by atoms with van der Waals surface area (Å²) >= 11 is 3.63. The lowest BCUT2D eigenvalue weighted by Crippen LogP contribution is -1.97. The Labute approximate surface area is 121 Å². The van der Waals surface area contributed by atoms with Crippen molar-refractivity contribution in [3.05, 3.63) is 83.0 Å². The molecule has 19 heavy (non-hydrogen) atoms. The van der Waals surface area contributed by atoms with Crippen LogP contribution in [0.5, 0.6) is 0 Å². The molecule has 0 saturated carbocycles. The standard InChI is InChI=1S/C17H14BrN/c1-2-12(13-7-3-5-9-16(13)18)15-11-19-17-10-6-4-8-14(15)17/h2-12,19H,1H2. The Bertz CT molecular complexity index is 727. The highest BCUT2D eigenvalue weighted by atomic mass is 79.9. The molecule has 0 amide bonds. The molecule has 1 N–H and O–H groups in total. The summed E-state index contributed by atoms with van der Waals surface area (Å²) in [5, 5.41) is 1.25. The highest BCUT2D eigenvalue weighted by Crippen LogP contribution is 2.34. The van der Waals surface area contributed by atoms with Crippen molar-refractivity contribution in [1.82, 2.24) is 4.98 Å². The zero-order valence-corrected chi connectivity index (χ0v) is 12.0. The molecule has 0 fully saturated rings. The molecule has 3 rings (SSSR count). The van der Waals surface area contributed by atoms with E-state index in [0.29, 0.717) is 0 Å². The van der Waals surface area contributed by atoms with Crippen LogP contribution in [-0.2, 0) is 0 Å². The van der Waals surface area contributed by atoms with Gasteiger partial charge in [0.2, 0.25) is 0 Å². The van der Waals surface area contributed by atoms with Gasteiger partial charge < -0.3 is 4.98 Å². The Morgan fingerprint density at radius 2 is 1.74 bits per heavy atom. The predicted molar refractivity (Wildman–Crippen MR) is 84.5 cm³/mol. The molecule has 2 aromatic carbocycles. The first-order valence-corrected chi connectivity index (χ1v) is 7.03. The number of benzene rings is 2. The molecule has 0 saturated heterocycles. The fourth-order valence-electron chi connectivity index (χ4n) is 2.50. The van der Waals surface area contributed by atoms with Crippen LogP contribution in [-0.4, -0.2) is 4.98 Å². The summed E-state index contributed by atoms with van der Waals surface area (Å²) in [6.07, 6.45) is 4.08. The van der Waals surface area contributed by atoms with Gasteiger partial charge in [-0.05, 0) is 23.3 Å². The number of rotatable bonds is 3. The van der Waals surface area contributed by atoms with Gasteiger partial charge in [0.15, 0.2) is 0 Å². The predicted octanol–water partition coefficient (Wildman–Crippen LogP) is 5.25. The largest absolute Gasteiger partial charge is 0.361 e. The van der Waals surface area contributed by atoms with Crippen LogP contribution in [0.2, 0.25) is 0 Å². The second-order valence-corrected chi connectivity index (χ2v) is 5.38. The first-order chi connectivity index (χ1) is 9.31. The zero-order valence-electron chi connectivity index (χ0n) is 10.4. The van der Waals surface area contributed by atoms with E-state index in [1.54, 1.807) is 0 Å². The van der Waals surface area contributed by atoms with Crippen molar-refractivity contribution in [3.8, 4) is 0 Å². The quantitative estimate of drug-likeness (QED) is 0.636. The van der Waals surface area contributed by atoms with Gasteiger partial charge in [0.1, 0.15) is 0 Å². The second-order valence-electron chi connectivity index (χ2n) is 4.52. The molecule has 1 aromatic heterocycles. The summed E-state index contributed by atoms with van der Waals surface area (Å²) in [4.78, 5) is 3.33. The maximum Gasteiger partial charge on any atom is 0.0457 e.